The first-order valence-electron chi connectivity index (χ1n) is 6.10. The van der Waals surface area contributed by atoms with Crippen molar-refractivity contribution in [2.24, 2.45) is 5.92 Å². The van der Waals surface area contributed by atoms with Crippen LogP contribution in [-0.2, 0) is 9.53 Å². The number of carboxylic acids is 1. The standard InChI is InChI=1S/C11H20N2O5/c14-9(10(15)16)3-4-12-11(17)13-5-6-18-7-8-1-2-8/h8-9,14H,1-7H2,(H,15,16)(H2,12,13,17)/t9-/m0/s1. The molecule has 4 N–H and O–H groups in total. The van der Waals surface area contributed by atoms with E-state index in [0.717, 1.165) is 6.61 Å². The fraction of sp³-hybridized carbons (Fsp3) is 0.818. The molecule has 7 nitrogen and oxygen atoms in total. The van der Waals surface area contributed by atoms with E-state index in [0.29, 0.717) is 19.1 Å². The highest BCUT2D eigenvalue weighted by atomic mass is 16.5. The predicted octanol–water partition coefficient (Wildman–Crippen LogP) is -0.452. The fourth-order valence-electron chi connectivity index (χ4n) is 1.28. The maximum Gasteiger partial charge on any atom is 0.332 e. The Balaban J connectivity index is 1.88. The van der Waals surface area contributed by atoms with E-state index in [4.69, 9.17) is 14.9 Å². The Morgan fingerprint density at radius 1 is 1.28 bits per heavy atom. The topological polar surface area (TPSA) is 108 Å². The number of rotatable bonds is 9. The minimum absolute atomic E-state index is 0.0130. The minimum atomic E-state index is -1.44. The summed E-state index contributed by atoms with van der Waals surface area (Å²) in [5.74, 6) is -0.581. The van der Waals surface area contributed by atoms with Crippen molar-refractivity contribution in [1.82, 2.24) is 10.6 Å². The molecule has 0 aliphatic heterocycles. The van der Waals surface area contributed by atoms with Crippen LogP contribution >= 0.6 is 0 Å². The fourth-order valence-corrected chi connectivity index (χ4v) is 1.28. The maximum atomic E-state index is 11.2. The largest absolute Gasteiger partial charge is 0.479 e. The second-order valence-corrected chi connectivity index (χ2v) is 4.34. The van der Waals surface area contributed by atoms with Gasteiger partial charge in [0.05, 0.1) is 6.61 Å². The molecule has 0 aromatic rings. The Kier molecular flexibility index (Phi) is 6.45. The first-order valence-corrected chi connectivity index (χ1v) is 6.10. The van der Waals surface area contributed by atoms with Crippen molar-refractivity contribution in [2.75, 3.05) is 26.3 Å². The molecule has 1 rings (SSSR count). The first-order chi connectivity index (χ1) is 8.59. The number of carbonyl (C=O) groups is 2. The molecule has 0 spiro atoms. The Hall–Kier alpha value is -1.34. The van der Waals surface area contributed by atoms with Crippen molar-refractivity contribution in [3.05, 3.63) is 0 Å². The molecular weight excluding hydrogens is 240 g/mol. The lowest BCUT2D eigenvalue weighted by atomic mass is 10.2. The van der Waals surface area contributed by atoms with Gasteiger partial charge in [-0.3, -0.25) is 0 Å². The third kappa shape index (κ3) is 7.08. The average Bonchev–Trinajstić information content (AvgIpc) is 3.12. The lowest BCUT2D eigenvalue weighted by Crippen LogP contribution is -2.39. The highest BCUT2D eigenvalue weighted by molar-refractivity contribution is 5.74. The minimum Gasteiger partial charge on any atom is -0.479 e. The zero-order valence-corrected chi connectivity index (χ0v) is 10.2. The molecule has 2 amide bonds. The summed E-state index contributed by atoms with van der Waals surface area (Å²) in [5, 5.41) is 22.4. The second-order valence-electron chi connectivity index (χ2n) is 4.34. The van der Waals surface area contributed by atoms with E-state index < -0.39 is 12.1 Å². The van der Waals surface area contributed by atoms with Gasteiger partial charge in [0.25, 0.3) is 0 Å². The van der Waals surface area contributed by atoms with Crippen LogP contribution < -0.4 is 10.6 Å². The number of amides is 2. The molecular formula is C11H20N2O5. The molecule has 7 heteroatoms. The predicted molar refractivity (Wildman–Crippen MR) is 63.2 cm³/mol. The highest BCUT2D eigenvalue weighted by Gasteiger charge is 2.20. The molecule has 0 aromatic heterocycles. The van der Waals surface area contributed by atoms with Crippen molar-refractivity contribution in [3.63, 3.8) is 0 Å². The summed E-state index contributed by atoms with van der Waals surface area (Å²) in [6.07, 6.45) is 1.02. The number of ether oxygens (including phenoxy) is 1. The van der Waals surface area contributed by atoms with Crippen molar-refractivity contribution >= 4 is 12.0 Å². The second kappa shape index (κ2) is 7.88. The number of nitrogens with one attached hydrogen (secondary N) is 2. The number of aliphatic hydroxyl groups excluding tert-OH is 1. The van der Waals surface area contributed by atoms with Gasteiger partial charge in [-0.15, -0.1) is 0 Å². The molecule has 0 heterocycles. The van der Waals surface area contributed by atoms with Gasteiger partial charge in [0.2, 0.25) is 0 Å². The molecule has 1 atom stereocenters. The number of carbonyl (C=O) groups excluding carboxylic acids is 1. The summed E-state index contributed by atoms with van der Waals surface area (Å²) >= 11 is 0. The zero-order chi connectivity index (χ0) is 13.4. The van der Waals surface area contributed by atoms with E-state index in [-0.39, 0.29) is 19.0 Å². The molecule has 1 fully saturated rings. The maximum absolute atomic E-state index is 11.2. The lowest BCUT2D eigenvalue weighted by molar-refractivity contribution is -0.146. The van der Waals surface area contributed by atoms with Crippen LogP contribution in [0.4, 0.5) is 4.79 Å². The van der Waals surface area contributed by atoms with Crippen LogP contribution in [0, 0.1) is 5.92 Å². The van der Waals surface area contributed by atoms with Crippen molar-refractivity contribution in [2.45, 2.75) is 25.4 Å². The quantitative estimate of drug-likeness (QED) is 0.420. The molecule has 1 aliphatic rings. The molecule has 1 aliphatic carbocycles. The van der Waals surface area contributed by atoms with E-state index in [1.807, 2.05) is 0 Å². The summed E-state index contributed by atoms with van der Waals surface area (Å²) in [7, 11) is 0. The molecule has 0 unspecified atom stereocenters. The number of aliphatic carboxylic acids is 1. The van der Waals surface area contributed by atoms with E-state index in [2.05, 4.69) is 10.6 Å². The monoisotopic (exact) mass is 260 g/mol. The van der Waals surface area contributed by atoms with Gasteiger partial charge in [-0.1, -0.05) is 0 Å². The van der Waals surface area contributed by atoms with Gasteiger partial charge >= 0.3 is 12.0 Å². The SMILES string of the molecule is O=C(NCCOCC1CC1)NCC[C@H](O)C(=O)O. The molecule has 0 aromatic carbocycles. The van der Waals surface area contributed by atoms with Crippen LogP contribution in [0.15, 0.2) is 0 Å². The van der Waals surface area contributed by atoms with Crippen molar-refractivity contribution in [3.8, 4) is 0 Å². The summed E-state index contributed by atoms with van der Waals surface area (Å²) in [6.45, 7) is 1.76. The van der Waals surface area contributed by atoms with E-state index >= 15 is 0 Å². The van der Waals surface area contributed by atoms with Crippen LogP contribution in [0.3, 0.4) is 0 Å². The summed E-state index contributed by atoms with van der Waals surface area (Å²) in [6, 6.07) is -0.386. The Morgan fingerprint density at radius 2 is 1.94 bits per heavy atom. The Bertz CT molecular complexity index is 281. The summed E-state index contributed by atoms with van der Waals surface area (Å²) in [4.78, 5) is 21.5. The van der Waals surface area contributed by atoms with Crippen LogP contribution in [0.25, 0.3) is 0 Å². The number of aliphatic hydroxyl groups is 1. The van der Waals surface area contributed by atoms with E-state index in [1.165, 1.54) is 12.8 Å². The summed E-state index contributed by atoms with van der Waals surface area (Å²) < 4.78 is 5.32. The van der Waals surface area contributed by atoms with Gasteiger partial charge in [-0.05, 0) is 18.8 Å². The first kappa shape index (κ1) is 14.7. The van der Waals surface area contributed by atoms with Crippen molar-refractivity contribution in [1.29, 1.82) is 0 Å². The molecule has 18 heavy (non-hydrogen) atoms. The molecule has 104 valence electrons. The lowest BCUT2D eigenvalue weighted by Gasteiger charge is -2.09. The van der Waals surface area contributed by atoms with Gasteiger partial charge in [0.1, 0.15) is 0 Å². The summed E-state index contributed by atoms with van der Waals surface area (Å²) in [5.41, 5.74) is 0. The smallest absolute Gasteiger partial charge is 0.332 e. The van der Waals surface area contributed by atoms with E-state index in [9.17, 15) is 9.59 Å². The third-order valence-electron chi connectivity index (χ3n) is 2.57. The van der Waals surface area contributed by atoms with Gasteiger partial charge in [0.15, 0.2) is 6.10 Å². The Morgan fingerprint density at radius 3 is 2.56 bits per heavy atom. The third-order valence-corrected chi connectivity index (χ3v) is 2.57. The van der Waals surface area contributed by atoms with Crippen LogP contribution in [0.5, 0.6) is 0 Å². The van der Waals surface area contributed by atoms with Gasteiger partial charge in [-0.25, -0.2) is 9.59 Å². The van der Waals surface area contributed by atoms with Crippen LogP contribution in [0.2, 0.25) is 0 Å². The van der Waals surface area contributed by atoms with Gasteiger partial charge < -0.3 is 25.6 Å². The number of hydrogen-bond donors (Lipinski definition) is 4. The molecule has 0 bridgehead atoms. The highest BCUT2D eigenvalue weighted by Crippen LogP contribution is 2.28. The average molecular weight is 260 g/mol. The van der Waals surface area contributed by atoms with Gasteiger partial charge in [-0.2, -0.15) is 0 Å². The normalized spacial score (nSPS) is 16.1. The molecule has 0 radical (unpaired) electrons. The van der Waals surface area contributed by atoms with Crippen LogP contribution in [-0.4, -0.2) is 54.6 Å². The number of urea groups is 1. The zero-order valence-electron chi connectivity index (χ0n) is 10.2. The van der Waals surface area contributed by atoms with Crippen molar-refractivity contribution < 1.29 is 24.5 Å². The van der Waals surface area contributed by atoms with E-state index in [1.54, 1.807) is 0 Å². The Labute approximate surface area is 106 Å². The van der Waals surface area contributed by atoms with Gasteiger partial charge in [0, 0.05) is 26.1 Å². The van der Waals surface area contributed by atoms with Crippen LogP contribution in [0.1, 0.15) is 19.3 Å². The number of carboxylic acid groups (broad SMARTS) is 1. The molecule has 0 saturated heterocycles. The number of hydrogen-bond acceptors (Lipinski definition) is 4. The molecule has 1 saturated carbocycles.